The maximum Gasteiger partial charge on any atom is 0.379 e. The van der Waals surface area contributed by atoms with Gasteiger partial charge in [0.2, 0.25) is 0 Å². The fourth-order valence-corrected chi connectivity index (χ4v) is 6.27. The number of aromatic nitrogens is 1. The first-order chi connectivity index (χ1) is 19.9. The van der Waals surface area contributed by atoms with E-state index in [2.05, 4.69) is 111 Å². The van der Waals surface area contributed by atoms with Crippen LogP contribution in [0.2, 0.25) is 0 Å². The lowest BCUT2D eigenvalue weighted by Crippen LogP contribution is -2.51. The number of halogens is 3. The highest BCUT2D eigenvalue weighted by Gasteiger charge is 2.56. The zero-order chi connectivity index (χ0) is 30.3. The van der Waals surface area contributed by atoms with E-state index in [-0.39, 0.29) is 10.8 Å². The first-order valence-electron chi connectivity index (χ1n) is 14.5. The lowest BCUT2D eigenvalue weighted by atomic mass is 9.52. The fraction of sp³-hybridized carbons (Fsp3) is 0.361. The van der Waals surface area contributed by atoms with Crippen LogP contribution in [0.5, 0.6) is 0 Å². The highest BCUT2D eigenvalue weighted by Crippen LogP contribution is 2.58. The van der Waals surface area contributed by atoms with Crippen LogP contribution in [0.3, 0.4) is 0 Å². The predicted molar refractivity (Wildman–Crippen MR) is 166 cm³/mol. The van der Waals surface area contributed by atoms with Crippen LogP contribution in [-0.4, -0.2) is 18.7 Å². The second-order valence-electron chi connectivity index (χ2n) is 10.1. The highest BCUT2D eigenvalue weighted by atomic mass is 19.4. The number of hydrogen-bond acceptors (Lipinski definition) is 2. The van der Waals surface area contributed by atoms with Gasteiger partial charge in [0.1, 0.15) is 0 Å². The van der Waals surface area contributed by atoms with Gasteiger partial charge in [-0.1, -0.05) is 123 Å². The number of benzene rings is 3. The van der Waals surface area contributed by atoms with Gasteiger partial charge in [0.15, 0.2) is 0 Å². The molecule has 3 aromatic carbocycles. The van der Waals surface area contributed by atoms with E-state index >= 15 is 0 Å². The van der Waals surface area contributed by atoms with Crippen molar-refractivity contribution in [3.63, 3.8) is 0 Å². The number of nitrogens with zero attached hydrogens (tertiary/aromatic N) is 1. The molecule has 4 aromatic rings. The van der Waals surface area contributed by atoms with Crippen LogP contribution in [0.25, 0.3) is 0 Å². The van der Waals surface area contributed by atoms with Crippen LogP contribution in [0.1, 0.15) is 73.0 Å². The molecule has 1 aliphatic rings. The molecule has 1 heterocycles. The second kappa shape index (κ2) is 16.7. The van der Waals surface area contributed by atoms with Crippen LogP contribution >= 0.6 is 0 Å². The molecule has 0 spiro atoms. The van der Waals surface area contributed by atoms with Gasteiger partial charge in [-0.25, -0.2) is 0 Å². The summed E-state index contributed by atoms with van der Waals surface area (Å²) in [6.07, 6.45) is 7.76. The Morgan fingerprint density at radius 1 is 0.756 bits per heavy atom. The van der Waals surface area contributed by atoms with Crippen molar-refractivity contribution in [1.29, 1.82) is 0 Å². The minimum Gasteiger partial charge on any atom is -0.333 e. The van der Waals surface area contributed by atoms with E-state index in [9.17, 15) is 13.2 Å². The van der Waals surface area contributed by atoms with Crippen LogP contribution < -0.4 is 5.73 Å². The van der Waals surface area contributed by atoms with Crippen molar-refractivity contribution in [2.45, 2.75) is 77.3 Å². The number of rotatable bonds is 6. The first kappa shape index (κ1) is 33.8. The molecule has 0 saturated heterocycles. The number of hydrogen-bond donors (Lipinski definition) is 1. The van der Waals surface area contributed by atoms with Gasteiger partial charge in [0, 0.05) is 11.6 Å². The molecule has 1 unspecified atom stereocenters. The summed E-state index contributed by atoms with van der Waals surface area (Å²) in [5.41, 5.74) is 12.2. The van der Waals surface area contributed by atoms with E-state index in [0.717, 1.165) is 6.42 Å². The fourth-order valence-electron chi connectivity index (χ4n) is 6.27. The molecule has 41 heavy (non-hydrogen) atoms. The van der Waals surface area contributed by atoms with Crippen molar-refractivity contribution in [2.24, 2.45) is 5.73 Å². The van der Waals surface area contributed by atoms with Crippen molar-refractivity contribution >= 4 is 0 Å². The SMILES string of the molecule is CC.CN.Cc1ccc(C2(C(Cc3ccccc3)(c3cccc(C)c3)c3ccccn3)CCCC2)cc1.FC(F)F. The average Bonchev–Trinajstić information content (AvgIpc) is 3.50. The van der Waals surface area contributed by atoms with Crippen molar-refractivity contribution in [3.8, 4) is 0 Å². The zero-order valence-corrected chi connectivity index (χ0v) is 25.1. The van der Waals surface area contributed by atoms with E-state index < -0.39 is 6.68 Å². The minimum atomic E-state index is -3.67. The Kier molecular flexibility index (Phi) is 13.8. The molecule has 2 N–H and O–H groups in total. The van der Waals surface area contributed by atoms with E-state index in [4.69, 9.17) is 4.98 Å². The molecule has 1 fully saturated rings. The Bertz CT molecular complexity index is 1250. The smallest absolute Gasteiger partial charge is 0.333 e. The summed E-state index contributed by atoms with van der Waals surface area (Å²) in [7, 11) is 1.50. The normalized spacial score (nSPS) is 14.8. The van der Waals surface area contributed by atoms with Gasteiger partial charge in [-0.05, 0) is 69.0 Å². The predicted octanol–water partition coefficient (Wildman–Crippen LogP) is 9.52. The Morgan fingerprint density at radius 2 is 1.34 bits per heavy atom. The molecule has 0 amide bonds. The first-order valence-corrected chi connectivity index (χ1v) is 14.5. The van der Waals surface area contributed by atoms with Crippen LogP contribution in [-0.2, 0) is 17.3 Å². The molecule has 5 rings (SSSR count). The summed E-state index contributed by atoms with van der Waals surface area (Å²) in [5.74, 6) is 0. The van der Waals surface area contributed by atoms with Crippen molar-refractivity contribution < 1.29 is 13.2 Å². The van der Waals surface area contributed by atoms with Gasteiger partial charge < -0.3 is 5.73 Å². The van der Waals surface area contributed by atoms with Gasteiger partial charge in [0.25, 0.3) is 0 Å². The van der Waals surface area contributed by atoms with Crippen LogP contribution in [0.15, 0.2) is 103 Å². The maximum absolute atomic E-state index is 9.67. The Morgan fingerprint density at radius 3 is 1.88 bits per heavy atom. The summed E-state index contributed by atoms with van der Waals surface area (Å²) in [6.45, 7) is 4.73. The quantitative estimate of drug-likeness (QED) is 0.254. The van der Waals surface area contributed by atoms with Crippen LogP contribution in [0.4, 0.5) is 13.2 Å². The van der Waals surface area contributed by atoms with E-state index in [1.54, 1.807) is 0 Å². The third-order valence-corrected chi connectivity index (χ3v) is 7.80. The van der Waals surface area contributed by atoms with Crippen molar-refractivity contribution in [1.82, 2.24) is 4.98 Å². The third kappa shape index (κ3) is 8.07. The number of nitrogens with two attached hydrogens (primary N) is 1. The van der Waals surface area contributed by atoms with E-state index in [1.165, 1.54) is 66.2 Å². The molecule has 1 aromatic heterocycles. The molecule has 0 bridgehead atoms. The summed E-state index contributed by atoms with van der Waals surface area (Å²) in [6, 6.07) is 36.0. The minimum absolute atomic E-state index is 0.0152. The number of pyridine rings is 1. The van der Waals surface area contributed by atoms with Gasteiger partial charge >= 0.3 is 6.68 Å². The van der Waals surface area contributed by atoms with E-state index in [0.29, 0.717) is 0 Å². The Labute approximate surface area is 244 Å². The summed E-state index contributed by atoms with van der Waals surface area (Å²) < 4.78 is 29.0. The lowest BCUT2D eigenvalue weighted by molar-refractivity contribution is 0.00819. The monoisotopic (exact) mass is 562 g/mol. The van der Waals surface area contributed by atoms with Crippen LogP contribution in [0, 0.1) is 13.8 Å². The second-order valence-corrected chi connectivity index (χ2v) is 10.1. The molecule has 1 atom stereocenters. The van der Waals surface area contributed by atoms with Gasteiger partial charge in [-0.2, -0.15) is 13.2 Å². The van der Waals surface area contributed by atoms with Gasteiger partial charge in [-0.15, -0.1) is 0 Å². The molecule has 220 valence electrons. The van der Waals surface area contributed by atoms with Gasteiger partial charge in [0.05, 0.1) is 11.1 Å². The molecular weight excluding hydrogens is 517 g/mol. The summed E-state index contributed by atoms with van der Waals surface area (Å²) in [4.78, 5) is 5.09. The molecule has 1 saturated carbocycles. The molecule has 1 aliphatic carbocycles. The Balaban J connectivity index is 0.000000666. The maximum atomic E-state index is 9.67. The molecule has 0 radical (unpaired) electrons. The van der Waals surface area contributed by atoms with Crippen molar-refractivity contribution in [3.05, 3.63) is 137 Å². The summed E-state index contributed by atoms with van der Waals surface area (Å²) in [5, 5.41) is 0. The molecule has 2 nitrogen and oxygen atoms in total. The topological polar surface area (TPSA) is 38.9 Å². The molecule has 5 heteroatoms. The van der Waals surface area contributed by atoms with Crippen molar-refractivity contribution in [2.75, 3.05) is 7.05 Å². The average molecular weight is 563 g/mol. The number of aryl methyl sites for hydroxylation is 2. The highest BCUT2D eigenvalue weighted by molar-refractivity contribution is 5.50. The Hall–Kier alpha value is -3.44. The largest absolute Gasteiger partial charge is 0.379 e. The third-order valence-electron chi connectivity index (χ3n) is 7.80. The number of alkyl halides is 3. The van der Waals surface area contributed by atoms with E-state index in [1.807, 2.05) is 26.1 Å². The van der Waals surface area contributed by atoms with Gasteiger partial charge in [-0.3, -0.25) is 4.98 Å². The summed E-state index contributed by atoms with van der Waals surface area (Å²) >= 11 is 0. The molecular formula is C36H45F3N2. The standard InChI is InChI=1S/C32H33N.C2H6.CHF3.CH5N/c1-25-16-18-28(19-17-25)31(20-7-8-21-31)32(30-15-6-9-22-33-30,24-27-12-4-3-5-13-27)29-14-10-11-26(2)23-29;1-2;2-1(3)4;1-2/h3-6,9-19,22-23H,7-8,20-21,24H2,1-2H3;1-2H3;1H;2H2,1H3. The molecule has 0 aliphatic heterocycles. The lowest BCUT2D eigenvalue weighted by Gasteiger charge is -2.50. The zero-order valence-electron chi connectivity index (χ0n) is 25.1.